The van der Waals surface area contributed by atoms with E-state index in [-0.39, 0.29) is 17.6 Å². The van der Waals surface area contributed by atoms with Crippen molar-refractivity contribution in [2.75, 3.05) is 7.11 Å². The molecule has 1 aliphatic heterocycles. The van der Waals surface area contributed by atoms with E-state index in [9.17, 15) is 14.9 Å². The van der Waals surface area contributed by atoms with E-state index in [0.717, 1.165) is 5.56 Å². The van der Waals surface area contributed by atoms with Crippen molar-refractivity contribution in [3.8, 4) is 11.5 Å². The molecule has 0 saturated heterocycles. The van der Waals surface area contributed by atoms with Gasteiger partial charge in [-0.2, -0.15) is 0 Å². The molecule has 26 heavy (non-hydrogen) atoms. The highest BCUT2D eigenvalue weighted by atomic mass is 16.6. The molecule has 7 heteroatoms. The van der Waals surface area contributed by atoms with Gasteiger partial charge < -0.3 is 14.8 Å². The first-order valence-corrected chi connectivity index (χ1v) is 8.21. The molecular formula is C19H20N2O5. The van der Waals surface area contributed by atoms with Gasteiger partial charge in [0.2, 0.25) is 0 Å². The maximum absolute atomic E-state index is 12.6. The van der Waals surface area contributed by atoms with Crippen molar-refractivity contribution in [2.24, 2.45) is 0 Å². The van der Waals surface area contributed by atoms with Crippen LogP contribution in [-0.2, 0) is 0 Å². The summed E-state index contributed by atoms with van der Waals surface area (Å²) in [5.74, 6) is 1.07. The molecule has 1 atom stereocenters. The Morgan fingerprint density at radius 2 is 1.96 bits per heavy atom. The number of nitro groups is 1. The van der Waals surface area contributed by atoms with Crippen LogP contribution < -0.4 is 14.8 Å². The monoisotopic (exact) mass is 356 g/mol. The average molecular weight is 356 g/mol. The minimum absolute atomic E-state index is 0.0498. The largest absolute Gasteiger partial charge is 0.497 e. The predicted octanol–water partition coefficient (Wildman–Crippen LogP) is 3.64. The van der Waals surface area contributed by atoms with E-state index in [1.165, 1.54) is 24.3 Å². The SMILES string of the molecule is COc1ccc2c(c1)OC(C)(C)C[C@@H]2NC(=O)c1ccc([N+](=O)[O-])cc1. The Hall–Kier alpha value is -3.09. The minimum Gasteiger partial charge on any atom is -0.497 e. The van der Waals surface area contributed by atoms with Crippen LogP contribution in [0.5, 0.6) is 11.5 Å². The van der Waals surface area contributed by atoms with Gasteiger partial charge in [0, 0.05) is 35.7 Å². The Morgan fingerprint density at radius 1 is 1.27 bits per heavy atom. The lowest BCUT2D eigenvalue weighted by molar-refractivity contribution is -0.384. The molecule has 0 radical (unpaired) electrons. The van der Waals surface area contributed by atoms with E-state index < -0.39 is 10.5 Å². The number of carbonyl (C=O) groups is 1. The highest BCUT2D eigenvalue weighted by Gasteiger charge is 2.35. The van der Waals surface area contributed by atoms with Gasteiger partial charge in [0.05, 0.1) is 18.1 Å². The summed E-state index contributed by atoms with van der Waals surface area (Å²) in [6, 6.07) is 10.8. The number of carbonyl (C=O) groups excluding carboxylic acids is 1. The van der Waals surface area contributed by atoms with Crippen molar-refractivity contribution in [3.63, 3.8) is 0 Å². The number of amides is 1. The maximum atomic E-state index is 12.6. The normalized spacial score (nSPS) is 17.6. The quantitative estimate of drug-likeness (QED) is 0.667. The summed E-state index contributed by atoms with van der Waals surface area (Å²) in [5.41, 5.74) is 0.744. The average Bonchev–Trinajstić information content (AvgIpc) is 2.60. The minimum atomic E-state index is -0.494. The third kappa shape index (κ3) is 3.61. The topological polar surface area (TPSA) is 90.7 Å². The summed E-state index contributed by atoms with van der Waals surface area (Å²) in [6.45, 7) is 3.92. The van der Waals surface area contributed by atoms with Gasteiger partial charge in [-0.1, -0.05) is 0 Å². The molecule has 7 nitrogen and oxygen atoms in total. The van der Waals surface area contributed by atoms with Gasteiger partial charge >= 0.3 is 0 Å². The summed E-state index contributed by atoms with van der Waals surface area (Å²) in [5, 5.41) is 13.7. The lowest BCUT2D eigenvalue weighted by Gasteiger charge is -2.38. The highest BCUT2D eigenvalue weighted by Crippen LogP contribution is 2.41. The second kappa shape index (κ2) is 6.67. The zero-order valence-electron chi connectivity index (χ0n) is 14.8. The van der Waals surface area contributed by atoms with E-state index in [4.69, 9.17) is 9.47 Å². The Bertz CT molecular complexity index is 846. The fourth-order valence-corrected chi connectivity index (χ4v) is 3.06. The molecule has 0 saturated carbocycles. The highest BCUT2D eigenvalue weighted by molar-refractivity contribution is 5.94. The molecule has 1 aliphatic rings. The molecule has 0 bridgehead atoms. The number of fused-ring (bicyclic) bond motifs is 1. The lowest BCUT2D eigenvalue weighted by Crippen LogP contribution is -2.41. The van der Waals surface area contributed by atoms with Crippen molar-refractivity contribution in [1.29, 1.82) is 0 Å². The summed E-state index contributed by atoms with van der Waals surface area (Å²) in [6.07, 6.45) is 0.602. The summed E-state index contributed by atoms with van der Waals surface area (Å²) < 4.78 is 11.3. The van der Waals surface area contributed by atoms with Crippen molar-refractivity contribution in [1.82, 2.24) is 5.32 Å². The molecular weight excluding hydrogens is 336 g/mol. The third-order valence-electron chi connectivity index (χ3n) is 4.32. The van der Waals surface area contributed by atoms with Crippen molar-refractivity contribution >= 4 is 11.6 Å². The molecule has 0 spiro atoms. The van der Waals surface area contributed by atoms with Crippen LogP contribution in [0.2, 0.25) is 0 Å². The van der Waals surface area contributed by atoms with Crippen molar-refractivity contribution in [3.05, 3.63) is 63.7 Å². The van der Waals surface area contributed by atoms with Crippen LogP contribution in [0.1, 0.15) is 42.2 Å². The number of rotatable bonds is 4. The first kappa shape index (κ1) is 17.7. The molecule has 0 fully saturated rings. The number of benzene rings is 2. The number of nitro benzene ring substituents is 1. The predicted molar refractivity (Wildman–Crippen MR) is 95.6 cm³/mol. The van der Waals surface area contributed by atoms with E-state index in [1.807, 2.05) is 26.0 Å². The van der Waals surface area contributed by atoms with E-state index in [1.54, 1.807) is 13.2 Å². The van der Waals surface area contributed by atoms with Gasteiger partial charge in [-0.15, -0.1) is 0 Å². The van der Waals surface area contributed by atoms with Crippen molar-refractivity contribution in [2.45, 2.75) is 31.9 Å². The number of ether oxygens (including phenoxy) is 2. The van der Waals surface area contributed by atoms with Crippen LogP contribution in [0, 0.1) is 10.1 Å². The fourth-order valence-electron chi connectivity index (χ4n) is 3.06. The summed E-state index contributed by atoms with van der Waals surface area (Å²) >= 11 is 0. The van der Waals surface area contributed by atoms with Gasteiger partial charge in [-0.3, -0.25) is 14.9 Å². The number of non-ortho nitro benzene ring substituents is 1. The van der Waals surface area contributed by atoms with Gasteiger partial charge in [-0.25, -0.2) is 0 Å². The zero-order chi connectivity index (χ0) is 18.9. The fraction of sp³-hybridized carbons (Fsp3) is 0.316. The third-order valence-corrected chi connectivity index (χ3v) is 4.32. The molecule has 2 aromatic rings. The van der Waals surface area contributed by atoms with Crippen LogP contribution in [-0.4, -0.2) is 23.5 Å². The molecule has 0 unspecified atom stereocenters. The second-order valence-electron chi connectivity index (χ2n) is 6.80. The first-order valence-electron chi connectivity index (χ1n) is 8.21. The van der Waals surface area contributed by atoms with Gasteiger partial charge in [0.15, 0.2) is 0 Å². The maximum Gasteiger partial charge on any atom is 0.269 e. The molecule has 2 aromatic carbocycles. The second-order valence-corrected chi connectivity index (χ2v) is 6.80. The molecule has 136 valence electrons. The van der Waals surface area contributed by atoms with Crippen molar-refractivity contribution < 1.29 is 19.2 Å². The molecule has 0 aliphatic carbocycles. The van der Waals surface area contributed by atoms with Gasteiger partial charge in [0.1, 0.15) is 17.1 Å². The van der Waals surface area contributed by atoms with E-state index >= 15 is 0 Å². The molecule has 3 rings (SSSR count). The van der Waals surface area contributed by atoms with E-state index in [2.05, 4.69) is 5.32 Å². The van der Waals surface area contributed by atoms with Crippen LogP contribution in [0.15, 0.2) is 42.5 Å². The van der Waals surface area contributed by atoms with Crippen LogP contribution in [0.4, 0.5) is 5.69 Å². The summed E-state index contributed by atoms with van der Waals surface area (Å²) in [7, 11) is 1.59. The van der Waals surface area contributed by atoms with Crippen LogP contribution >= 0.6 is 0 Å². The Balaban J connectivity index is 1.85. The number of nitrogens with one attached hydrogen (secondary N) is 1. The lowest BCUT2D eigenvalue weighted by atomic mass is 9.89. The van der Waals surface area contributed by atoms with Gasteiger partial charge in [-0.05, 0) is 38.1 Å². The standard InChI is InChI=1S/C19H20N2O5/c1-19(2)11-16(15-9-8-14(25-3)10-17(15)26-19)20-18(22)12-4-6-13(7-5-12)21(23)24/h4-10,16H,11H2,1-3H3,(H,20,22)/t16-/m0/s1. The molecule has 1 N–H and O–H groups in total. The Morgan fingerprint density at radius 3 is 2.58 bits per heavy atom. The zero-order valence-corrected chi connectivity index (χ0v) is 14.8. The number of hydrogen-bond acceptors (Lipinski definition) is 5. The van der Waals surface area contributed by atoms with Crippen LogP contribution in [0.25, 0.3) is 0 Å². The van der Waals surface area contributed by atoms with Crippen LogP contribution in [0.3, 0.4) is 0 Å². The summed E-state index contributed by atoms with van der Waals surface area (Å²) in [4.78, 5) is 22.8. The smallest absolute Gasteiger partial charge is 0.269 e. The van der Waals surface area contributed by atoms with Gasteiger partial charge in [0.25, 0.3) is 11.6 Å². The number of nitrogens with zero attached hydrogens (tertiary/aromatic N) is 1. The Labute approximate surface area is 151 Å². The molecule has 0 aromatic heterocycles. The first-order chi connectivity index (χ1) is 12.3. The number of hydrogen-bond donors (Lipinski definition) is 1. The number of methoxy groups -OCH3 is 1. The Kier molecular flexibility index (Phi) is 4.54. The molecule has 1 heterocycles. The van der Waals surface area contributed by atoms with E-state index in [0.29, 0.717) is 23.5 Å². The molecule has 1 amide bonds.